The maximum atomic E-state index is 12.1. The van der Waals surface area contributed by atoms with Crippen molar-refractivity contribution in [2.75, 3.05) is 18.5 Å². The van der Waals surface area contributed by atoms with Crippen molar-refractivity contribution in [3.05, 3.63) is 60.2 Å². The van der Waals surface area contributed by atoms with Crippen LogP contribution in [0.1, 0.15) is 51.0 Å². The van der Waals surface area contributed by atoms with Crippen LogP contribution in [-0.4, -0.2) is 19.1 Å². The molecule has 1 saturated carbocycles. The van der Waals surface area contributed by atoms with Gasteiger partial charge in [0.25, 0.3) is 0 Å². The SMILES string of the molecule is CCOc1ccc(/C=C/C(=O)Nc2ccc(OCCC3CCCCC3)cc2)cc1. The second kappa shape index (κ2) is 11.3. The molecule has 4 nitrogen and oxygen atoms in total. The fraction of sp³-hybridized carbons (Fsp3) is 0.400. The first kappa shape index (κ1) is 21.0. The highest BCUT2D eigenvalue weighted by atomic mass is 16.5. The number of carbonyl (C=O) groups excluding carboxylic acids is 1. The highest BCUT2D eigenvalue weighted by Crippen LogP contribution is 2.26. The van der Waals surface area contributed by atoms with E-state index in [2.05, 4.69) is 5.32 Å². The Bertz CT molecular complexity index is 775. The van der Waals surface area contributed by atoms with Gasteiger partial charge in [0, 0.05) is 11.8 Å². The summed E-state index contributed by atoms with van der Waals surface area (Å²) in [5, 5.41) is 2.87. The van der Waals surface area contributed by atoms with Gasteiger partial charge in [0.05, 0.1) is 13.2 Å². The monoisotopic (exact) mass is 393 g/mol. The first-order valence-corrected chi connectivity index (χ1v) is 10.7. The zero-order chi connectivity index (χ0) is 20.3. The van der Waals surface area contributed by atoms with Crippen molar-refractivity contribution in [2.24, 2.45) is 5.92 Å². The number of nitrogens with one attached hydrogen (secondary N) is 1. The van der Waals surface area contributed by atoms with E-state index in [1.54, 1.807) is 6.08 Å². The summed E-state index contributed by atoms with van der Waals surface area (Å²) < 4.78 is 11.3. The Morgan fingerprint density at radius 3 is 2.31 bits per heavy atom. The molecule has 1 fully saturated rings. The molecular formula is C25H31NO3. The van der Waals surface area contributed by atoms with Crippen LogP contribution < -0.4 is 14.8 Å². The molecule has 4 heteroatoms. The molecule has 0 bridgehead atoms. The Hall–Kier alpha value is -2.75. The summed E-state index contributed by atoms with van der Waals surface area (Å²) in [4.78, 5) is 12.1. The third-order valence-corrected chi connectivity index (χ3v) is 5.26. The first-order valence-electron chi connectivity index (χ1n) is 10.7. The lowest BCUT2D eigenvalue weighted by Crippen LogP contribution is -2.11. The lowest BCUT2D eigenvalue weighted by Gasteiger charge is -2.21. The lowest BCUT2D eigenvalue weighted by molar-refractivity contribution is -0.111. The van der Waals surface area contributed by atoms with Crippen LogP contribution in [0.15, 0.2) is 54.6 Å². The minimum Gasteiger partial charge on any atom is -0.494 e. The molecule has 0 saturated heterocycles. The van der Waals surface area contributed by atoms with Crippen LogP contribution in [0.25, 0.3) is 6.08 Å². The molecule has 0 atom stereocenters. The van der Waals surface area contributed by atoms with E-state index >= 15 is 0 Å². The van der Waals surface area contributed by atoms with Crippen LogP contribution in [0.5, 0.6) is 11.5 Å². The predicted molar refractivity (Wildman–Crippen MR) is 118 cm³/mol. The third kappa shape index (κ3) is 7.30. The topological polar surface area (TPSA) is 47.6 Å². The summed E-state index contributed by atoms with van der Waals surface area (Å²) in [5.74, 6) is 2.34. The fourth-order valence-corrected chi connectivity index (χ4v) is 3.65. The van der Waals surface area contributed by atoms with Crippen molar-refractivity contribution in [3.8, 4) is 11.5 Å². The van der Waals surface area contributed by atoms with Gasteiger partial charge in [-0.15, -0.1) is 0 Å². The lowest BCUT2D eigenvalue weighted by atomic mass is 9.87. The molecule has 0 radical (unpaired) electrons. The van der Waals surface area contributed by atoms with E-state index < -0.39 is 0 Å². The van der Waals surface area contributed by atoms with Crippen LogP contribution in [0.2, 0.25) is 0 Å². The standard InChI is InChI=1S/C25H31NO3/c1-2-28-23-13-8-21(9-14-23)10-17-25(27)26-22-11-15-24(16-12-22)29-19-18-20-6-4-3-5-7-20/h8-17,20H,2-7,18-19H2,1H3,(H,26,27)/b17-10+. The maximum absolute atomic E-state index is 12.1. The normalized spacial score (nSPS) is 14.7. The van der Waals surface area contributed by atoms with Gasteiger partial charge in [0.15, 0.2) is 0 Å². The molecule has 1 aliphatic rings. The Kier molecular flexibility index (Phi) is 8.17. The number of hydrogen-bond acceptors (Lipinski definition) is 3. The average Bonchev–Trinajstić information content (AvgIpc) is 2.75. The zero-order valence-electron chi connectivity index (χ0n) is 17.2. The molecule has 3 rings (SSSR count). The molecule has 0 unspecified atom stereocenters. The number of anilines is 1. The van der Waals surface area contributed by atoms with E-state index in [0.29, 0.717) is 6.61 Å². The van der Waals surface area contributed by atoms with E-state index in [1.165, 1.54) is 38.2 Å². The molecular weight excluding hydrogens is 362 g/mol. The molecule has 1 aliphatic carbocycles. The summed E-state index contributed by atoms with van der Waals surface area (Å²) >= 11 is 0. The predicted octanol–water partition coefficient (Wildman–Crippen LogP) is 6.09. The Balaban J connectivity index is 1.41. The highest BCUT2D eigenvalue weighted by molar-refractivity contribution is 6.01. The van der Waals surface area contributed by atoms with Gasteiger partial charge in [0.1, 0.15) is 11.5 Å². The van der Waals surface area contributed by atoms with Gasteiger partial charge in [-0.05, 0) is 67.3 Å². The maximum Gasteiger partial charge on any atom is 0.248 e. The molecule has 1 amide bonds. The van der Waals surface area contributed by atoms with Crippen molar-refractivity contribution >= 4 is 17.7 Å². The second-order valence-corrected chi connectivity index (χ2v) is 7.49. The second-order valence-electron chi connectivity index (χ2n) is 7.49. The van der Waals surface area contributed by atoms with Gasteiger partial charge in [-0.25, -0.2) is 0 Å². The summed E-state index contributed by atoms with van der Waals surface area (Å²) in [5.41, 5.74) is 1.70. The highest BCUT2D eigenvalue weighted by Gasteiger charge is 2.13. The largest absolute Gasteiger partial charge is 0.494 e. The quantitative estimate of drug-likeness (QED) is 0.525. The Labute approximate surface area is 173 Å². The Morgan fingerprint density at radius 1 is 0.966 bits per heavy atom. The van der Waals surface area contributed by atoms with E-state index in [0.717, 1.165) is 41.7 Å². The smallest absolute Gasteiger partial charge is 0.248 e. The molecule has 154 valence electrons. The summed E-state index contributed by atoms with van der Waals surface area (Å²) in [6.45, 7) is 3.36. The van der Waals surface area contributed by atoms with Crippen molar-refractivity contribution < 1.29 is 14.3 Å². The summed E-state index contributed by atoms with van der Waals surface area (Å²) in [6.07, 6.45) is 11.3. The van der Waals surface area contributed by atoms with E-state index in [1.807, 2.05) is 55.5 Å². The van der Waals surface area contributed by atoms with Crippen LogP contribution in [0.3, 0.4) is 0 Å². The van der Waals surface area contributed by atoms with Crippen LogP contribution >= 0.6 is 0 Å². The average molecular weight is 394 g/mol. The molecule has 2 aromatic carbocycles. The zero-order valence-corrected chi connectivity index (χ0v) is 17.2. The molecule has 0 aromatic heterocycles. The van der Waals surface area contributed by atoms with Crippen molar-refractivity contribution in [1.29, 1.82) is 0 Å². The van der Waals surface area contributed by atoms with Gasteiger partial charge in [-0.2, -0.15) is 0 Å². The van der Waals surface area contributed by atoms with Gasteiger partial charge in [-0.1, -0.05) is 44.2 Å². The van der Waals surface area contributed by atoms with E-state index in [9.17, 15) is 4.79 Å². The number of rotatable bonds is 9. The fourth-order valence-electron chi connectivity index (χ4n) is 3.65. The van der Waals surface area contributed by atoms with Crippen LogP contribution in [-0.2, 0) is 4.79 Å². The Morgan fingerprint density at radius 2 is 1.62 bits per heavy atom. The number of ether oxygens (including phenoxy) is 2. The number of amides is 1. The summed E-state index contributed by atoms with van der Waals surface area (Å²) in [7, 11) is 0. The number of hydrogen-bond donors (Lipinski definition) is 1. The van der Waals surface area contributed by atoms with E-state index in [-0.39, 0.29) is 5.91 Å². The van der Waals surface area contributed by atoms with E-state index in [4.69, 9.17) is 9.47 Å². The number of carbonyl (C=O) groups is 1. The molecule has 29 heavy (non-hydrogen) atoms. The molecule has 1 N–H and O–H groups in total. The third-order valence-electron chi connectivity index (χ3n) is 5.26. The van der Waals surface area contributed by atoms with Crippen LogP contribution in [0, 0.1) is 5.92 Å². The molecule has 0 spiro atoms. The van der Waals surface area contributed by atoms with Gasteiger partial charge >= 0.3 is 0 Å². The van der Waals surface area contributed by atoms with Crippen molar-refractivity contribution in [3.63, 3.8) is 0 Å². The summed E-state index contributed by atoms with van der Waals surface area (Å²) in [6, 6.07) is 15.2. The number of benzene rings is 2. The molecule has 2 aromatic rings. The van der Waals surface area contributed by atoms with Crippen molar-refractivity contribution in [1.82, 2.24) is 0 Å². The van der Waals surface area contributed by atoms with Crippen LogP contribution in [0.4, 0.5) is 5.69 Å². The van der Waals surface area contributed by atoms with Crippen molar-refractivity contribution in [2.45, 2.75) is 45.4 Å². The minimum atomic E-state index is -0.162. The molecule has 0 heterocycles. The minimum absolute atomic E-state index is 0.162. The van der Waals surface area contributed by atoms with Gasteiger partial charge in [0.2, 0.25) is 5.91 Å². The van der Waals surface area contributed by atoms with Gasteiger partial charge < -0.3 is 14.8 Å². The first-order chi connectivity index (χ1) is 14.2. The van der Waals surface area contributed by atoms with Gasteiger partial charge in [-0.3, -0.25) is 4.79 Å². The molecule has 0 aliphatic heterocycles.